The fraction of sp³-hybridized carbons (Fsp3) is 0. The van der Waals surface area contributed by atoms with Gasteiger partial charge in [-0.2, -0.15) is 0 Å². The fourth-order valence-corrected chi connectivity index (χ4v) is 0. The topological polar surface area (TPSA) is 114 Å². The van der Waals surface area contributed by atoms with Crippen LogP contribution in [0.4, 0.5) is 0 Å². The molecule has 0 saturated carbocycles. The van der Waals surface area contributed by atoms with Gasteiger partial charge in [-0.15, -0.1) is 0 Å². The Hall–Kier alpha value is 3.02. The quantitative estimate of drug-likeness (QED) is 0.325. The number of hydrogen-bond acceptors (Lipinski definition) is 0. The van der Waals surface area contributed by atoms with Gasteiger partial charge in [0.1, 0.15) is 0 Å². The largest absolute Gasteiger partial charge is 2.00 e. The van der Waals surface area contributed by atoms with E-state index in [1.54, 1.807) is 0 Å². The van der Waals surface area contributed by atoms with Crippen LogP contribution in [0.25, 0.3) is 0 Å². The van der Waals surface area contributed by atoms with E-state index in [4.69, 9.17) is 0 Å². The molecule has 0 unspecified atom stereocenters. The monoisotopic (exact) mass is 449 g/mol. The molecule has 0 saturated heterocycles. The summed E-state index contributed by atoms with van der Waals surface area (Å²) < 4.78 is 0. The Bertz CT molecular complexity index is 16.4. The van der Waals surface area contributed by atoms with Gasteiger partial charge in [0, 0.05) is 0 Å². The van der Waals surface area contributed by atoms with Gasteiger partial charge in [0.25, 0.3) is 0 Å². The molecule has 0 aromatic rings. The van der Waals surface area contributed by atoms with Gasteiger partial charge in [-0.25, -0.2) is 0 Å². The van der Waals surface area contributed by atoms with Gasteiger partial charge in [0.05, 0.1) is 0 Å². The third-order valence-electron chi connectivity index (χ3n) is 0. The second kappa shape index (κ2) is 206. The Morgan fingerprint density at radius 1 is 0.273 bits per heavy atom. The van der Waals surface area contributed by atoms with E-state index in [-0.39, 0.29) is 132 Å². The summed E-state index contributed by atoms with van der Waals surface area (Å²) in [5.74, 6) is 0. The predicted octanol–water partition coefficient (Wildman–Crippen LogP) is -6.48. The summed E-state index contributed by atoms with van der Waals surface area (Å²) in [6, 6.07) is 0. The zero-order chi connectivity index (χ0) is 0. The minimum absolute atomic E-state index is 0. The molecule has 0 rings (SSSR count). The predicted molar refractivity (Wildman–Crippen MR) is 2.75 cm³/mol. The first kappa shape index (κ1) is 261. The summed E-state index contributed by atoms with van der Waals surface area (Å²) in [5.41, 5.74) is 0. The van der Waals surface area contributed by atoms with Crippen LogP contribution >= 0.6 is 0 Å². The van der Waals surface area contributed by atoms with Gasteiger partial charge in [0.2, 0.25) is 0 Å². The van der Waals surface area contributed by atoms with Gasteiger partial charge in [0.15, 0.2) is 0 Å². The average Bonchev–Trinajstić information content (AvgIpc) is 0. The van der Waals surface area contributed by atoms with Crippen molar-refractivity contribution < 1.29 is 132 Å². The van der Waals surface area contributed by atoms with E-state index in [9.17, 15) is 0 Å². The van der Waals surface area contributed by atoms with Crippen molar-refractivity contribution in [2.45, 2.75) is 0 Å². The van der Waals surface area contributed by atoms with Crippen LogP contribution in [0.2, 0.25) is 0 Å². The molecule has 0 atom stereocenters. The second-order valence-corrected chi connectivity index (χ2v) is 0. The normalized spacial score (nSPS) is 0. The summed E-state index contributed by atoms with van der Waals surface area (Å²) >= 11 is 0. The van der Waals surface area contributed by atoms with E-state index in [0.717, 1.165) is 0 Å². The van der Waals surface area contributed by atoms with Gasteiger partial charge < -0.3 is 46.7 Å². The molecule has 0 aromatic heterocycles. The Morgan fingerprint density at radius 2 is 0.273 bits per heavy atom. The van der Waals surface area contributed by atoms with Crippen LogP contribution in [0.15, 0.2) is 0 Å². The first-order valence-corrected chi connectivity index (χ1v) is 0. The van der Waals surface area contributed by atoms with Crippen molar-refractivity contribution in [2.75, 3.05) is 0 Å². The van der Waals surface area contributed by atoms with Crippen molar-refractivity contribution in [2.24, 2.45) is 0 Å². The Kier molecular flexibility index (Phi) is 4900. The number of rotatable bonds is 0. The van der Waals surface area contributed by atoms with E-state index in [0.29, 0.717) is 0 Å². The molecule has 0 aliphatic rings. The first-order valence-electron chi connectivity index (χ1n) is 0. The number of hydrogen-bond donors (Lipinski definition) is 0. The minimum Gasteiger partial charge on any atom is -2.00 e. The van der Waals surface area contributed by atoms with Crippen molar-refractivity contribution in [3.63, 3.8) is 0 Å². The zero-order valence-electron chi connectivity index (χ0n) is 3.90. The molecule has 0 bridgehead atoms. The van der Waals surface area contributed by atoms with Crippen LogP contribution in [0.1, 0.15) is 0 Å². The summed E-state index contributed by atoms with van der Waals surface area (Å²) in [6.45, 7) is 0. The summed E-state index contributed by atoms with van der Waals surface area (Å²) in [6.07, 6.45) is 0. The Labute approximate surface area is 131 Å². The Morgan fingerprint density at radius 3 is 0.273 bits per heavy atom. The molecule has 0 aliphatic carbocycles. The number of halogens is 2. The molecule has 93 valence electrons. The van der Waals surface area contributed by atoms with Gasteiger partial charge in [-0.05, 0) is 0 Å². The van der Waals surface area contributed by atoms with Crippen LogP contribution < -0.4 is 24.8 Å². The van der Waals surface area contributed by atoms with Gasteiger partial charge in [-0.1, -0.05) is 0 Å². The van der Waals surface area contributed by atoms with Crippen molar-refractivity contribution >= 4 is 0 Å². The average molecular weight is 453 g/mol. The molecule has 0 fully saturated rings. The Balaban J connectivity index is 0. The third kappa shape index (κ3) is 174. The molecule has 0 spiro atoms. The zero-order valence-corrected chi connectivity index (χ0v) is 10.1. The van der Waals surface area contributed by atoms with Gasteiger partial charge in [-0.3, -0.25) is 0 Å². The maximum Gasteiger partial charge on any atom is 2.00 e. The van der Waals surface area contributed by atoms with Crippen molar-refractivity contribution in [1.82, 2.24) is 0 Å². The summed E-state index contributed by atoms with van der Waals surface area (Å²) in [7, 11) is 0. The molecule has 0 heterocycles. The molecule has 0 aromatic carbocycles. The SMILES string of the molecule is [Cl-].[Cl-].[Cu+2].[Cu+2].[Cu+2].[Cu+2].[Cu+2].[O-2].[O-2].[O-2].[O-2]. The van der Waals surface area contributed by atoms with E-state index < -0.39 is 0 Å². The first-order chi connectivity index (χ1) is 0. The van der Waals surface area contributed by atoms with E-state index in [2.05, 4.69) is 0 Å². The molecule has 0 amide bonds. The standard InChI is InChI=1S/2ClH.5Cu.4O/h2*1H;;;;;;;;;/q;;5*+2;4*-2/p-2. The van der Waals surface area contributed by atoms with Crippen molar-refractivity contribution in [3.05, 3.63) is 0 Å². The summed E-state index contributed by atoms with van der Waals surface area (Å²) in [4.78, 5) is 0. The molecule has 0 aliphatic heterocycles. The van der Waals surface area contributed by atoms with Crippen LogP contribution in [-0.4, -0.2) is 0 Å². The smallest absolute Gasteiger partial charge is 2.00 e. The molecule has 5 radical (unpaired) electrons. The molecular formula is Cl2Cu5O4. The van der Waals surface area contributed by atoms with Crippen LogP contribution in [-0.2, 0) is 107 Å². The maximum absolute atomic E-state index is 0. The third-order valence-corrected chi connectivity index (χ3v) is 0. The van der Waals surface area contributed by atoms with Crippen molar-refractivity contribution in [3.8, 4) is 0 Å². The van der Waals surface area contributed by atoms with Crippen LogP contribution in [0.3, 0.4) is 0 Å². The maximum atomic E-state index is 0. The van der Waals surface area contributed by atoms with Crippen LogP contribution in [0, 0.1) is 0 Å². The van der Waals surface area contributed by atoms with Gasteiger partial charge >= 0.3 is 85.3 Å². The summed E-state index contributed by atoms with van der Waals surface area (Å²) in [5, 5.41) is 0. The molecule has 11 heteroatoms. The molecule has 4 nitrogen and oxygen atoms in total. The van der Waals surface area contributed by atoms with E-state index in [1.165, 1.54) is 0 Å². The van der Waals surface area contributed by atoms with E-state index >= 15 is 0 Å². The minimum atomic E-state index is 0. The molecular weight excluding hydrogens is 453 g/mol. The fourth-order valence-electron chi connectivity index (χ4n) is 0. The van der Waals surface area contributed by atoms with Crippen molar-refractivity contribution in [1.29, 1.82) is 0 Å². The van der Waals surface area contributed by atoms with E-state index in [1.807, 2.05) is 0 Å². The molecule has 11 heavy (non-hydrogen) atoms. The molecule has 0 N–H and O–H groups in total. The second-order valence-electron chi connectivity index (χ2n) is 0. The van der Waals surface area contributed by atoms with Crippen LogP contribution in [0.5, 0.6) is 0 Å².